The van der Waals surface area contributed by atoms with Crippen molar-refractivity contribution >= 4 is 17.1 Å². The van der Waals surface area contributed by atoms with E-state index in [4.69, 9.17) is 4.74 Å². The number of anilines is 1. The summed E-state index contributed by atoms with van der Waals surface area (Å²) < 4.78 is 8.16. The van der Waals surface area contributed by atoms with Crippen LogP contribution in [-0.4, -0.2) is 50.1 Å². The number of nitrogens with zero attached hydrogens (tertiary/aromatic N) is 3. The number of ether oxygens (including phenoxy) is 1. The number of aromatic nitrogens is 4. The molecule has 0 radical (unpaired) electrons. The second kappa shape index (κ2) is 6.32. The minimum Gasteiger partial charge on any atom is -0.389 e. The van der Waals surface area contributed by atoms with Crippen LogP contribution in [0.3, 0.4) is 0 Å². The van der Waals surface area contributed by atoms with E-state index in [1.54, 1.807) is 11.6 Å². The lowest BCUT2D eigenvalue weighted by Gasteiger charge is -2.15. The van der Waals surface area contributed by atoms with E-state index in [1.807, 2.05) is 13.8 Å². The van der Waals surface area contributed by atoms with Crippen molar-refractivity contribution < 1.29 is 9.84 Å². The van der Waals surface area contributed by atoms with Crippen LogP contribution in [0.5, 0.6) is 0 Å². The topological polar surface area (TPSA) is 114 Å². The van der Waals surface area contributed by atoms with Gasteiger partial charge in [0.1, 0.15) is 0 Å². The molecule has 0 unspecified atom stereocenters. The van der Waals surface area contributed by atoms with E-state index < -0.39 is 17.4 Å². The van der Waals surface area contributed by atoms with Gasteiger partial charge in [-0.1, -0.05) is 0 Å². The average molecular weight is 311 g/mol. The summed E-state index contributed by atoms with van der Waals surface area (Å²) in [6.07, 6.45) is -0.800. The molecule has 2 rings (SSSR count). The molecule has 0 aliphatic heterocycles. The summed E-state index contributed by atoms with van der Waals surface area (Å²) >= 11 is 0. The molecule has 0 fully saturated rings. The Balaban J connectivity index is 2.46. The molecule has 122 valence electrons. The molecule has 2 heterocycles. The lowest BCUT2D eigenvalue weighted by molar-refractivity contribution is -0.0000997. The summed E-state index contributed by atoms with van der Waals surface area (Å²) in [5, 5.41) is 12.9. The van der Waals surface area contributed by atoms with Crippen molar-refractivity contribution in [2.75, 3.05) is 19.0 Å². The normalized spacial score (nSPS) is 13.0. The van der Waals surface area contributed by atoms with Crippen molar-refractivity contribution in [1.82, 2.24) is 19.1 Å². The first-order chi connectivity index (χ1) is 10.3. The maximum Gasteiger partial charge on any atom is 0.329 e. The Morgan fingerprint density at radius 3 is 2.68 bits per heavy atom. The molecular weight excluding hydrogens is 290 g/mol. The van der Waals surface area contributed by atoms with Crippen molar-refractivity contribution in [2.24, 2.45) is 7.05 Å². The van der Waals surface area contributed by atoms with Crippen LogP contribution in [0.1, 0.15) is 13.8 Å². The molecule has 0 amide bonds. The lowest BCUT2D eigenvalue weighted by Crippen LogP contribution is -2.30. The highest BCUT2D eigenvalue weighted by molar-refractivity contribution is 5.74. The molecule has 0 saturated heterocycles. The summed E-state index contributed by atoms with van der Waals surface area (Å²) in [6, 6.07) is 0. The van der Waals surface area contributed by atoms with Crippen LogP contribution in [0.25, 0.3) is 11.2 Å². The van der Waals surface area contributed by atoms with Crippen LogP contribution in [-0.2, 0) is 18.3 Å². The van der Waals surface area contributed by atoms with E-state index in [1.165, 1.54) is 11.6 Å². The molecule has 0 spiro atoms. The molecule has 2 aromatic heterocycles. The number of rotatable bonds is 6. The predicted molar refractivity (Wildman–Crippen MR) is 82.2 cm³/mol. The van der Waals surface area contributed by atoms with Gasteiger partial charge in [0.25, 0.3) is 5.56 Å². The standard InChI is InChI=1S/C13H21N5O4/c1-7(2)22-6-8(19)5-18-9-10(15-12(18)14-3)17(4)13(21)16-11(9)20/h7-8,19H,5-6H2,1-4H3,(H,14,15)(H,16,20,21)/t8-/m1/s1. The van der Waals surface area contributed by atoms with Crippen molar-refractivity contribution in [3.8, 4) is 0 Å². The number of aryl methyl sites for hydroxylation is 1. The van der Waals surface area contributed by atoms with E-state index in [2.05, 4.69) is 15.3 Å². The summed E-state index contributed by atoms with van der Waals surface area (Å²) in [6.45, 7) is 4.02. The summed E-state index contributed by atoms with van der Waals surface area (Å²) in [7, 11) is 3.18. The molecule has 0 aromatic carbocycles. The number of aliphatic hydroxyl groups is 1. The Hall–Kier alpha value is -2.13. The number of nitrogens with one attached hydrogen (secondary N) is 2. The average Bonchev–Trinajstić information content (AvgIpc) is 2.82. The number of H-pyrrole nitrogens is 1. The van der Waals surface area contributed by atoms with Crippen molar-refractivity contribution in [3.05, 3.63) is 20.8 Å². The number of aliphatic hydroxyl groups excluding tert-OH is 1. The van der Waals surface area contributed by atoms with Crippen LogP contribution >= 0.6 is 0 Å². The molecule has 0 saturated carbocycles. The molecular formula is C13H21N5O4. The zero-order valence-electron chi connectivity index (χ0n) is 13.1. The Labute approximate surface area is 126 Å². The first-order valence-corrected chi connectivity index (χ1v) is 7.02. The first kappa shape index (κ1) is 16.2. The SMILES string of the molecule is CNc1nc2c(c(=O)[nH]c(=O)n2C)n1C[C@@H](O)COC(C)C. The second-order valence-corrected chi connectivity index (χ2v) is 5.32. The molecule has 9 heteroatoms. The minimum absolute atomic E-state index is 0.00202. The number of hydrogen-bond acceptors (Lipinski definition) is 6. The van der Waals surface area contributed by atoms with Gasteiger partial charge in [-0.2, -0.15) is 4.98 Å². The number of imidazole rings is 1. The summed E-state index contributed by atoms with van der Waals surface area (Å²) in [4.78, 5) is 30.2. The Kier molecular flexibility index (Phi) is 4.67. The highest BCUT2D eigenvalue weighted by Gasteiger charge is 2.19. The molecule has 2 aromatic rings. The highest BCUT2D eigenvalue weighted by Crippen LogP contribution is 2.15. The third-order valence-electron chi connectivity index (χ3n) is 3.25. The highest BCUT2D eigenvalue weighted by atomic mass is 16.5. The van der Waals surface area contributed by atoms with Gasteiger partial charge in [-0.05, 0) is 13.8 Å². The number of fused-ring (bicyclic) bond motifs is 1. The van der Waals surface area contributed by atoms with Gasteiger partial charge in [-0.3, -0.25) is 14.3 Å². The van der Waals surface area contributed by atoms with Gasteiger partial charge in [0, 0.05) is 14.1 Å². The van der Waals surface area contributed by atoms with E-state index >= 15 is 0 Å². The lowest BCUT2D eigenvalue weighted by atomic mass is 10.3. The number of aromatic amines is 1. The van der Waals surface area contributed by atoms with E-state index in [0.717, 1.165) is 0 Å². The molecule has 3 N–H and O–H groups in total. The van der Waals surface area contributed by atoms with Crippen molar-refractivity contribution in [3.63, 3.8) is 0 Å². The molecule has 1 atom stereocenters. The predicted octanol–water partition coefficient (Wildman–Crippen LogP) is -0.749. The number of hydrogen-bond donors (Lipinski definition) is 3. The van der Waals surface area contributed by atoms with Crippen LogP contribution in [0.15, 0.2) is 9.59 Å². The van der Waals surface area contributed by atoms with E-state index in [0.29, 0.717) is 5.95 Å². The zero-order valence-corrected chi connectivity index (χ0v) is 13.1. The summed E-state index contributed by atoms with van der Waals surface area (Å²) in [5.41, 5.74) is -0.581. The third-order valence-corrected chi connectivity index (χ3v) is 3.25. The van der Waals surface area contributed by atoms with Gasteiger partial charge in [-0.15, -0.1) is 0 Å². The van der Waals surface area contributed by atoms with Crippen LogP contribution < -0.4 is 16.6 Å². The van der Waals surface area contributed by atoms with Gasteiger partial charge >= 0.3 is 5.69 Å². The third kappa shape index (κ3) is 3.04. The van der Waals surface area contributed by atoms with Crippen LogP contribution in [0, 0.1) is 0 Å². The van der Waals surface area contributed by atoms with Crippen molar-refractivity contribution in [1.29, 1.82) is 0 Å². The molecule has 9 nitrogen and oxygen atoms in total. The van der Waals surface area contributed by atoms with Crippen LogP contribution in [0.2, 0.25) is 0 Å². The van der Waals surface area contributed by atoms with Gasteiger partial charge in [0.2, 0.25) is 5.95 Å². The van der Waals surface area contributed by atoms with E-state index in [-0.39, 0.29) is 30.4 Å². The van der Waals surface area contributed by atoms with Crippen molar-refractivity contribution in [2.45, 2.75) is 32.6 Å². The monoisotopic (exact) mass is 311 g/mol. The fourth-order valence-corrected chi connectivity index (χ4v) is 2.17. The molecule has 22 heavy (non-hydrogen) atoms. The maximum absolute atomic E-state index is 12.1. The minimum atomic E-state index is -0.802. The largest absolute Gasteiger partial charge is 0.389 e. The fraction of sp³-hybridized carbons (Fsp3) is 0.615. The molecule has 0 aliphatic carbocycles. The maximum atomic E-state index is 12.1. The first-order valence-electron chi connectivity index (χ1n) is 7.02. The Bertz CT molecular complexity index is 773. The quantitative estimate of drug-likeness (QED) is 0.647. The fourth-order valence-electron chi connectivity index (χ4n) is 2.17. The van der Waals surface area contributed by atoms with Crippen LogP contribution in [0.4, 0.5) is 5.95 Å². The molecule has 0 bridgehead atoms. The van der Waals surface area contributed by atoms with E-state index in [9.17, 15) is 14.7 Å². The van der Waals surface area contributed by atoms with Gasteiger partial charge in [0.05, 0.1) is 25.4 Å². The Morgan fingerprint density at radius 1 is 1.41 bits per heavy atom. The van der Waals surface area contributed by atoms with Gasteiger partial charge in [0.15, 0.2) is 11.2 Å². The summed E-state index contributed by atoms with van der Waals surface area (Å²) in [5.74, 6) is 0.394. The molecule has 0 aliphatic rings. The van der Waals surface area contributed by atoms with Gasteiger partial charge in [-0.25, -0.2) is 4.79 Å². The second-order valence-electron chi connectivity index (χ2n) is 5.32. The Morgan fingerprint density at radius 2 is 2.09 bits per heavy atom. The smallest absolute Gasteiger partial charge is 0.329 e. The zero-order chi connectivity index (χ0) is 16.4. The van der Waals surface area contributed by atoms with Gasteiger partial charge < -0.3 is 19.7 Å².